The number of amides is 6. The fourth-order valence-corrected chi connectivity index (χ4v) is 5.27. The molecule has 2 aliphatic rings. The van der Waals surface area contributed by atoms with Gasteiger partial charge in [0.25, 0.3) is 5.91 Å². The smallest absolute Gasteiger partial charge is 0.410 e. The van der Waals surface area contributed by atoms with Crippen LogP contribution in [0.15, 0.2) is 12.7 Å². The fraction of sp³-hybridized carbons (Fsp3) is 0.795. The third-order valence-electron chi connectivity index (χ3n) is 8.27. The molecule has 1 aliphatic heterocycles. The zero-order chi connectivity index (χ0) is 40.6. The number of carbonyl (C=O) groups is 6. The second-order valence-corrected chi connectivity index (χ2v) is 16.7. The van der Waals surface area contributed by atoms with E-state index in [1.54, 1.807) is 27.8 Å². The Morgan fingerprint density at radius 3 is 1.90 bits per heavy atom. The van der Waals surface area contributed by atoms with Crippen molar-refractivity contribution in [3.63, 3.8) is 0 Å². The molecule has 300 valence electrons. The number of urea groups is 1. The van der Waals surface area contributed by atoms with Gasteiger partial charge < -0.3 is 35.8 Å². The third-order valence-corrected chi connectivity index (χ3v) is 8.27. The van der Waals surface area contributed by atoms with E-state index in [4.69, 9.17) is 4.74 Å². The van der Waals surface area contributed by atoms with Crippen LogP contribution in [0.3, 0.4) is 0 Å². The monoisotopic (exact) mass is 737 g/mol. The highest BCUT2D eigenvalue weighted by Crippen LogP contribution is 2.34. The number of Topliss-reactive ketones (excluding diaryl/α,β-unsaturated/α-hetero) is 1. The average Bonchev–Trinajstić information content (AvgIpc) is 3.71. The number of nitrogens with one attached hydrogen (secondary N) is 4. The standard InChI is InChI=1S/C34H58N6O7.C3H8.C2H6/c1-12-17-35-28(43)25(41)22(19-21-15-16-21)36-27(42)23-14-13-18-40(23)29(44)26(33(5,6)7)38-30(45)37-24(32(2,3)4)20-39(11)31(46)47-34(8,9)10;1-3-2;1-2/h12,21-24,26H,1,13-20H2,2-11H3,(H,35,43)(H,36,42)(H2,37,38,45);3H2,1-2H3;1-2H3. The number of rotatable bonds is 13. The summed E-state index contributed by atoms with van der Waals surface area (Å²) < 4.78 is 5.46. The first-order valence-corrected chi connectivity index (χ1v) is 19.0. The van der Waals surface area contributed by atoms with Crippen LogP contribution in [0.1, 0.15) is 129 Å². The quantitative estimate of drug-likeness (QED) is 0.142. The molecule has 2 fully saturated rings. The molecule has 0 aromatic heterocycles. The molecule has 1 aliphatic carbocycles. The van der Waals surface area contributed by atoms with Crippen LogP contribution in [0, 0.1) is 16.7 Å². The van der Waals surface area contributed by atoms with Gasteiger partial charge in [-0.1, -0.05) is 94.6 Å². The predicted octanol–water partition coefficient (Wildman–Crippen LogP) is 5.57. The Balaban J connectivity index is 0.00000493. The molecule has 0 aromatic carbocycles. The summed E-state index contributed by atoms with van der Waals surface area (Å²) >= 11 is 0. The van der Waals surface area contributed by atoms with Gasteiger partial charge >= 0.3 is 12.1 Å². The van der Waals surface area contributed by atoms with Gasteiger partial charge in [-0.3, -0.25) is 19.2 Å². The predicted molar refractivity (Wildman–Crippen MR) is 207 cm³/mol. The minimum atomic E-state index is -0.993. The number of nitrogens with zero attached hydrogens (tertiary/aromatic N) is 2. The Hall–Kier alpha value is -3.64. The van der Waals surface area contributed by atoms with Crippen LogP contribution in [0.2, 0.25) is 0 Å². The molecule has 4 unspecified atom stereocenters. The first kappa shape index (κ1) is 48.4. The van der Waals surface area contributed by atoms with Crippen LogP contribution < -0.4 is 21.3 Å². The molecule has 2 rings (SSSR count). The van der Waals surface area contributed by atoms with E-state index in [0.29, 0.717) is 25.8 Å². The highest BCUT2D eigenvalue weighted by Gasteiger charge is 2.44. The van der Waals surface area contributed by atoms with Gasteiger partial charge in [0.05, 0.1) is 12.1 Å². The molecular formula is C39H72N6O7. The summed E-state index contributed by atoms with van der Waals surface area (Å²) in [5.41, 5.74) is -1.86. The molecule has 6 amide bonds. The van der Waals surface area contributed by atoms with Crippen LogP contribution in [0.25, 0.3) is 0 Å². The van der Waals surface area contributed by atoms with E-state index in [9.17, 15) is 28.8 Å². The Morgan fingerprint density at radius 1 is 0.885 bits per heavy atom. The van der Waals surface area contributed by atoms with Crippen LogP contribution in [0.5, 0.6) is 0 Å². The number of likely N-dealkylation sites (N-methyl/N-ethyl adjacent to an activating group) is 1. The normalized spacial score (nSPS) is 17.3. The lowest BCUT2D eigenvalue weighted by atomic mass is 9.85. The van der Waals surface area contributed by atoms with Crippen LogP contribution >= 0.6 is 0 Å². The fourth-order valence-electron chi connectivity index (χ4n) is 5.27. The van der Waals surface area contributed by atoms with E-state index in [0.717, 1.165) is 12.8 Å². The van der Waals surface area contributed by atoms with Crippen molar-refractivity contribution < 1.29 is 33.5 Å². The SMILES string of the molecule is C=CCNC(=O)C(=O)C(CC1CC1)NC(=O)C1CCCN1C(=O)C(NC(=O)NC(CN(C)C(=O)OC(C)(C)C)C(C)(C)C)C(C)(C)C.CC.CCC. The average molecular weight is 737 g/mol. The molecule has 52 heavy (non-hydrogen) atoms. The van der Waals surface area contributed by atoms with Gasteiger partial charge in [0.1, 0.15) is 17.7 Å². The second kappa shape index (κ2) is 21.8. The molecule has 4 atom stereocenters. The highest BCUT2D eigenvalue weighted by atomic mass is 16.6. The number of likely N-dealkylation sites (tertiary alicyclic amines) is 1. The van der Waals surface area contributed by atoms with Crippen molar-refractivity contribution in [1.82, 2.24) is 31.1 Å². The molecule has 0 radical (unpaired) electrons. The molecule has 13 heteroatoms. The summed E-state index contributed by atoms with van der Waals surface area (Å²) in [7, 11) is 1.60. The third kappa shape index (κ3) is 17.3. The van der Waals surface area contributed by atoms with Gasteiger partial charge in [0.2, 0.25) is 17.6 Å². The maximum atomic E-state index is 14.1. The van der Waals surface area contributed by atoms with E-state index in [1.807, 2.05) is 55.4 Å². The number of ether oxygens (including phenoxy) is 1. The number of hydrogen-bond donors (Lipinski definition) is 4. The van der Waals surface area contributed by atoms with Crippen molar-refractivity contribution in [2.75, 3.05) is 26.7 Å². The Morgan fingerprint density at radius 2 is 1.44 bits per heavy atom. The van der Waals surface area contributed by atoms with Crippen molar-refractivity contribution >= 4 is 35.6 Å². The molecule has 0 spiro atoms. The molecule has 1 saturated heterocycles. The lowest BCUT2D eigenvalue weighted by Crippen LogP contribution is -2.62. The maximum absolute atomic E-state index is 14.1. The molecule has 13 nitrogen and oxygen atoms in total. The van der Waals surface area contributed by atoms with E-state index in [1.165, 1.54) is 22.3 Å². The minimum absolute atomic E-state index is 0.130. The molecule has 1 heterocycles. The van der Waals surface area contributed by atoms with Crippen molar-refractivity contribution in [3.05, 3.63) is 12.7 Å². The summed E-state index contributed by atoms with van der Waals surface area (Å²) in [4.78, 5) is 81.9. The summed E-state index contributed by atoms with van der Waals surface area (Å²) in [6.07, 6.45) is 5.36. The number of carbonyl (C=O) groups excluding carboxylic acids is 6. The summed E-state index contributed by atoms with van der Waals surface area (Å²) in [6.45, 7) is 29.0. The molecular weight excluding hydrogens is 664 g/mol. The molecule has 0 bridgehead atoms. The van der Waals surface area contributed by atoms with Crippen molar-refractivity contribution in [3.8, 4) is 0 Å². The number of ketones is 1. The Bertz CT molecular complexity index is 1200. The highest BCUT2D eigenvalue weighted by molar-refractivity contribution is 6.38. The lowest BCUT2D eigenvalue weighted by molar-refractivity contribution is -0.143. The summed E-state index contributed by atoms with van der Waals surface area (Å²) in [6, 6.07) is -3.92. The van der Waals surface area contributed by atoms with E-state index in [-0.39, 0.29) is 19.0 Å². The van der Waals surface area contributed by atoms with E-state index < -0.39 is 76.2 Å². The molecule has 4 N–H and O–H groups in total. The molecule has 1 saturated carbocycles. The van der Waals surface area contributed by atoms with Gasteiger partial charge in [0.15, 0.2) is 0 Å². The Labute approximate surface area is 314 Å². The van der Waals surface area contributed by atoms with E-state index in [2.05, 4.69) is 41.7 Å². The summed E-state index contributed by atoms with van der Waals surface area (Å²) in [5, 5.41) is 11.0. The zero-order valence-electron chi connectivity index (χ0n) is 34.8. The van der Waals surface area contributed by atoms with Gasteiger partial charge in [-0.05, 0) is 56.8 Å². The van der Waals surface area contributed by atoms with Crippen molar-refractivity contribution in [1.29, 1.82) is 0 Å². The lowest BCUT2D eigenvalue weighted by Gasteiger charge is -2.38. The summed E-state index contributed by atoms with van der Waals surface area (Å²) in [5.74, 6) is -2.17. The zero-order valence-corrected chi connectivity index (χ0v) is 34.8. The van der Waals surface area contributed by atoms with E-state index >= 15 is 0 Å². The first-order valence-electron chi connectivity index (χ1n) is 19.0. The molecule has 0 aromatic rings. The van der Waals surface area contributed by atoms with Crippen molar-refractivity contribution in [2.45, 2.75) is 158 Å². The van der Waals surface area contributed by atoms with Crippen LogP contribution in [-0.2, 0) is 23.9 Å². The largest absolute Gasteiger partial charge is 0.444 e. The van der Waals surface area contributed by atoms with Gasteiger partial charge in [-0.2, -0.15) is 0 Å². The van der Waals surface area contributed by atoms with Crippen LogP contribution in [-0.4, -0.2) is 102 Å². The maximum Gasteiger partial charge on any atom is 0.410 e. The minimum Gasteiger partial charge on any atom is -0.444 e. The number of hydrogen-bond acceptors (Lipinski definition) is 7. The van der Waals surface area contributed by atoms with Gasteiger partial charge in [-0.25, -0.2) is 9.59 Å². The van der Waals surface area contributed by atoms with Crippen molar-refractivity contribution in [2.24, 2.45) is 16.7 Å². The van der Waals surface area contributed by atoms with Gasteiger partial charge in [-0.15, -0.1) is 6.58 Å². The van der Waals surface area contributed by atoms with Gasteiger partial charge in [0, 0.05) is 26.7 Å². The second-order valence-electron chi connectivity index (χ2n) is 16.7. The first-order chi connectivity index (χ1) is 24.0. The topological polar surface area (TPSA) is 166 Å². The Kier molecular flexibility index (Phi) is 20.3. The van der Waals surface area contributed by atoms with Crippen LogP contribution in [0.4, 0.5) is 9.59 Å².